The number of cyclic esters (lactones) is 1. The molecule has 0 aromatic heterocycles. The topological polar surface area (TPSA) is 65.0 Å². The quantitative estimate of drug-likeness (QED) is 0.231. The van der Waals surface area contributed by atoms with Crippen molar-refractivity contribution >= 4 is 63.0 Å². The molecule has 0 atom stereocenters. The van der Waals surface area contributed by atoms with Gasteiger partial charge in [0.1, 0.15) is 5.75 Å². The molecule has 0 bridgehead atoms. The number of rotatable bonds is 4. The maximum Gasteiger partial charge on any atom is 0.363 e. The van der Waals surface area contributed by atoms with Gasteiger partial charge in [0.15, 0.2) is 5.70 Å². The summed E-state index contributed by atoms with van der Waals surface area (Å²) in [5.41, 5.74) is 1.51. The van der Waals surface area contributed by atoms with Gasteiger partial charge in [-0.2, -0.15) is 0 Å². The first-order valence-electron chi connectivity index (χ1n) is 8.95. The first-order chi connectivity index (χ1) is 14.9. The maximum absolute atomic E-state index is 12.5. The first-order valence-corrected chi connectivity index (χ1v) is 10.5. The predicted octanol–water partition coefficient (Wildman–Crippen LogP) is 6.32. The molecule has 0 N–H and O–H groups in total. The maximum atomic E-state index is 12.5. The molecule has 0 radical (unpaired) electrons. The van der Waals surface area contributed by atoms with Crippen molar-refractivity contribution < 1.29 is 19.1 Å². The molecule has 0 unspecified atom stereocenters. The van der Waals surface area contributed by atoms with Crippen molar-refractivity contribution in [1.29, 1.82) is 0 Å². The molecule has 8 heteroatoms. The molecule has 0 aliphatic carbocycles. The zero-order valence-electron chi connectivity index (χ0n) is 15.6. The van der Waals surface area contributed by atoms with Crippen molar-refractivity contribution in [3.63, 3.8) is 0 Å². The van der Waals surface area contributed by atoms with E-state index >= 15 is 0 Å². The number of nitrogens with zero attached hydrogens (tertiary/aromatic N) is 1. The summed E-state index contributed by atoms with van der Waals surface area (Å²) in [5.74, 6) is -0.737. The van der Waals surface area contributed by atoms with Crippen molar-refractivity contribution in [1.82, 2.24) is 0 Å². The summed E-state index contributed by atoms with van der Waals surface area (Å²) in [4.78, 5) is 29.1. The number of halogens is 3. The highest BCUT2D eigenvalue weighted by Crippen LogP contribution is 2.29. The molecule has 1 aliphatic rings. The molecule has 1 aliphatic heterocycles. The van der Waals surface area contributed by atoms with E-state index in [-0.39, 0.29) is 17.3 Å². The predicted molar refractivity (Wildman–Crippen MR) is 123 cm³/mol. The Bertz CT molecular complexity index is 1240. The van der Waals surface area contributed by atoms with Gasteiger partial charge in [-0.05, 0) is 72.8 Å². The Labute approximate surface area is 196 Å². The molecule has 0 saturated carbocycles. The van der Waals surface area contributed by atoms with E-state index in [2.05, 4.69) is 20.9 Å². The molecule has 5 nitrogen and oxygen atoms in total. The lowest BCUT2D eigenvalue weighted by atomic mass is 10.1. The van der Waals surface area contributed by atoms with Gasteiger partial charge in [0, 0.05) is 25.6 Å². The summed E-state index contributed by atoms with van der Waals surface area (Å²) in [5, 5.41) is 1.07. The molecule has 0 fully saturated rings. The van der Waals surface area contributed by atoms with E-state index in [1.54, 1.807) is 66.7 Å². The van der Waals surface area contributed by atoms with Gasteiger partial charge in [-0.3, -0.25) is 0 Å². The van der Waals surface area contributed by atoms with Gasteiger partial charge in [0.25, 0.3) is 0 Å². The van der Waals surface area contributed by atoms with E-state index in [0.717, 1.165) is 4.47 Å². The van der Waals surface area contributed by atoms with Crippen molar-refractivity contribution in [3.05, 3.63) is 104 Å². The molecule has 0 spiro atoms. The average molecular weight is 517 g/mol. The van der Waals surface area contributed by atoms with Crippen LogP contribution in [0, 0.1) is 0 Å². The van der Waals surface area contributed by atoms with Crippen LogP contribution >= 0.6 is 39.1 Å². The number of aliphatic imine (C=N–C) groups is 1. The van der Waals surface area contributed by atoms with E-state index in [4.69, 9.17) is 32.7 Å². The van der Waals surface area contributed by atoms with Crippen LogP contribution in [0.3, 0.4) is 0 Å². The SMILES string of the molecule is O=C1OC(c2ccc(Cl)cc2)=N/C1=C/c1cc(Br)ccc1OC(=O)c1ccc(Cl)cc1. The second kappa shape index (κ2) is 9.06. The van der Waals surface area contributed by atoms with Gasteiger partial charge in [-0.1, -0.05) is 39.1 Å². The Hall–Kier alpha value is -2.93. The Balaban J connectivity index is 1.64. The lowest BCUT2D eigenvalue weighted by Gasteiger charge is -2.08. The van der Waals surface area contributed by atoms with E-state index in [9.17, 15) is 9.59 Å². The standard InChI is InChI=1S/C23H12BrCl2NO4/c24-16-5-10-20(30-22(28)14-3-8-18(26)9-4-14)15(11-16)12-19-23(29)31-21(27-19)13-1-6-17(25)7-2-13/h1-12H/b19-12+. The summed E-state index contributed by atoms with van der Waals surface area (Å²) < 4.78 is 11.5. The van der Waals surface area contributed by atoms with Crippen LogP contribution in [0.25, 0.3) is 6.08 Å². The highest BCUT2D eigenvalue weighted by molar-refractivity contribution is 9.10. The van der Waals surface area contributed by atoms with Gasteiger partial charge in [-0.25, -0.2) is 14.6 Å². The lowest BCUT2D eigenvalue weighted by molar-refractivity contribution is -0.129. The Morgan fingerprint density at radius 1 is 0.968 bits per heavy atom. The average Bonchev–Trinajstić information content (AvgIpc) is 3.11. The fourth-order valence-electron chi connectivity index (χ4n) is 2.74. The number of benzene rings is 3. The monoisotopic (exact) mass is 515 g/mol. The summed E-state index contributed by atoms with van der Waals surface area (Å²) in [7, 11) is 0. The molecule has 0 amide bonds. The zero-order chi connectivity index (χ0) is 22.0. The van der Waals surface area contributed by atoms with E-state index in [1.165, 1.54) is 6.08 Å². The van der Waals surface area contributed by atoms with Crippen LogP contribution in [0.15, 0.2) is 81.9 Å². The van der Waals surface area contributed by atoms with Gasteiger partial charge >= 0.3 is 11.9 Å². The highest BCUT2D eigenvalue weighted by Gasteiger charge is 2.25. The molecule has 31 heavy (non-hydrogen) atoms. The van der Waals surface area contributed by atoms with Crippen LogP contribution in [0.1, 0.15) is 21.5 Å². The fourth-order valence-corrected chi connectivity index (χ4v) is 3.37. The summed E-state index contributed by atoms with van der Waals surface area (Å²) in [6.45, 7) is 0. The highest BCUT2D eigenvalue weighted by atomic mass is 79.9. The Morgan fingerprint density at radius 2 is 1.61 bits per heavy atom. The van der Waals surface area contributed by atoms with Crippen LogP contribution in [-0.4, -0.2) is 17.8 Å². The second-order valence-corrected chi connectivity index (χ2v) is 8.21. The zero-order valence-corrected chi connectivity index (χ0v) is 18.7. The van der Waals surface area contributed by atoms with Crippen molar-refractivity contribution in [2.24, 2.45) is 4.99 Å². The van der Waals surface area contributed by atoms with E-state index in [1.807, 2.05) is 0 Å². The number of hydrogen-bond acceptors (Lipinski definition) is 5. The Kier molecular flexibility index (Phi) is 6.23. The lowest BCUT2D eigenvalue weighted by Crippen LogP contribution is -2.09. The third-order valence-electron chi connectivity index (χ3n) is 4.26. The minimum Gasteiger partial charge on any atom is -0.422 e. The summed E-state index contributed by atoms with van der Waals surface area (Å²) in [6, 6.07) is 18.2. The van der Waals surface area contributed by atoms with Crippen LogP contribution in [0.5, 0.6) is 5.75 Å². The summed E-state index contributed by atoms with van der Waals surface area (Å²) in [6.07, 6.45) is 1.50. The number of ether oxygens (including phenoxy) is 2. The third kappa shape index (κ3) is 5.05. The molecular weight excluding hydrogens is 505 g/mol. The number of esters is 2. The van der Waals surface area contributed by atoms with Gasteiger partial charge in [-0.15, -0.1) is 0 Å². The molecule has 154 valence electrons. The van der Waals surface area contributed by atoms with E-state index < -0.39 is 11.9 Å². The van der Waals surface area contributed by atoms with E-state index in [0.29, 0.717) is 26.7 Å². The van der Waals surface area contributed by atoms with Crippen LogP contribution in [0.4, 0.5) is 0 Å². The molecule has 0 saturated heterocycles. The summed E-state index contributed by atoms with van der Waals surface area (Å²) >= 11 is 15.1. The first kappa shape index (κ1) is 21.3. The molecule has 3 aromatic carbocycles. The van der Waals surface area contributed by atoms with Gasteiger partial charge < -0.3 is 9.47 Å². The Morgan fingerprint density at radius 3 is 2.29 bits per heavy atom. The minimum atomic E-state index is -0.611. The molecule has 4 rings (SSSR count). The van der Waals surface area contributed by atoms with Crippen molar-refractivity contribution in [2.45, 2.75) is 0 Å². The minimum absolute atomic E-state index is 0.0758. The van der Waals surface area contributed by atoms with Gasteiger partial charge in [0.05, 0.1) is 5.56 Å². The van der Waals surface area contributed by atoms with Crippen LogP contribution in [0.2, 0.25) is 10.0 Å². The van der Waals surface area contributed by atoms with Crippen LogP contribution < -0.4 is 4.74 Å². The smallest absolute Gasteiger partial charge is 0.363 e. The largest absolute Gasteiger partial charge is 0.422 e. The normalized spacial score (nSPS) is 14.4. The fraction of sp³-hybridized carbons (Fsp3) is 0. The number of carbonyl (C=O) groups excluding carboxylic acids is 2. The van der Waals surface area contributed by atoms with Gasteiger partial charge in [0.2, 0.25) is 5.90 Å². The van der Waals surface area contributed by atoms with Crippen LogP contribution in [-0.2, 0) is 9.53 Å². The molecule has 3 aromatic rings. The number of hydrogen-bond donors (Lipinski definition) is 0. The second-order valence-electron chi connectivity index (χ2n) is 6.42. The molecule has 1 heterocycles. The number of carbonyl (C=O) groups is 2. The van der Waals surface area contributed by atoms with Crippen molar-refractivity contribution in [2.75, 3.05) is 0 Å². The third-order valence-corrected chi connectivity index (χ3v) is 5.26. The van der Waals surface area contributed by atoms with Crippen molar-refractivity contribution in [3.8, 4) is 5.75 Å². The molecular formula is C23H12BrCl2NO4.